The van der Waals surface area contributed by atoms with Crippen molar-refractivity contribution in [3.8, 4) is 62.9 Å². The standard InChI is InChI=1S/C87H82O9P2/c1-56-32-43-81(83(44-56)98(90,76-28-20-14-21-29-76)77-30-22-15-23-31-77)92-53-68-35-39-70(40-36-68)55-94-85-59(4)47-73(48-60(85)5)96-87-62(7)50-79(64(9)66(87)11)78-49-61(6)86(65(10)63(78)8)95-72-45-57(2)84(58(3)46-72)93-54-69-37-33-67(34-38-69)52-91-71-41-42-80(88)82(51-71)97(89,74-24-16-12-17-25-74)75-26-18-13-19-27-75/h12-51,88H,52-55H2,1-11H3. The summed E-state index contributed by atoms with van der Waals surface area (Å²) in [5, 5.41) is 14.9. The van der Waals surface area contributed by atoms with Crippen molar-refractivity contribution in [3.05, 3.63) is 326 Å². The van der Waals surface area contributed by atoms with Crippen molar-refractivity contribution < 1.29 is 42.7 Å². The van der Waals surface area contributed by atoms with Gasteiger partial charge in [0, 0.05) is 21.2 Å². The Balaban J connectivity index is 0.658. The Kier molecular flexibility index (Phi) is 20.2. The van der Waals surface area contributed by atoms with Crippen LogP contribution in [0.5, 0.6) is 51.7 Å². The lowest BCUT2D eigenvalue weighted by Crippen LogP contribution is -2.26. The molecule has 0 aliphatic rings. The van der Waals surface area contributed by atoms with E-state index in [1.165, 1.54) is 0 Å². The first-order valence-corrected chi connectivity index (χ1v) is 36.5. The molecule has 0 heterocycles. The van der Waals surface area contributed by atoms with Crippen LogP contribution in [0.15, 0.2) is 243 Å². The van der Waals surface area contributed by atoms with Crippen LogP contribution < -0.4 is 60.2 Å². The average molecular weight is 1330 g/mol. The molecule has 12 aromatic rings. The summed E-state index contributed by atoms with van der Waals surface area (Å²) in [6, 6.07) is 77.9. The molecule has 0 aliphatic carbocycles. The predicted molar refractivity (Wildman–Crippen MR) is 401 cm³/mol. The number of hydrogen-bond acceptors (Lipinski definition) is 9. The van der Waals surface area contributed by atoms with Gasteiger partial charge in [0.1, 0.15) is 78.2 Å². The second-order valence-electron chi connectivity index (χ2n) is 25.6. The van der Waals surface area contributed by atoms with Crippen LogP contribution in [-0.4, -0.2) is 5.11 Å². The maximum Gasteiger partial charge on any atom is 0.174 e. The van der Waals surface area contributed by atoms with E-state index in [2.05, 4.69) is 104 Å². The molecule has 12 rings (SSSR count). The van der Waals surface area contributed by atoms with Gasteiger partial charge in [0.25, 0.3) is 0 Å². The van der Waals surface area contributed by atoms with Gasteiger partial charge < -0.3 is 42.7 Å². The van der Waals surface area contributed by atoms with Crippen LogP contribution in [-0.2, 0) is 35.6 Å². The number of aryl methyl sites for hydroxylation is 7. The molecular weight excluding hydrogens is 1250 g/mol. The van der Waals surface area contributed by atoms with Gasteiger partial charge in [0.05, 0.1) is 10.6 Å². The molecule has 0 fully saturated rings. The molecule has 12 aromatic carbocycles. The van der Waals surface area contributed by atoms with Gasteiger partial charge >= 0.3 is 0 Å². The molecule has 0 radical (unpaired) electrons. The minimum Gasteiger partial charge on any atom is -0.507 e. The Labute approximate surface area is 577 Å². The Morgan fingerprint density at radius 3 is 1.01 bits per heavy atom. The molecule has 0 aromatic heterocycles. The minimum atomic E-state index is -3.41. The highest BCUT2D eigenvalue weighted by Gasteiger charge is 2.35. The fourth-order valence-electron chi connectivity index (χ4n) is 13.0. The molecule has 0 saturated carbocycles. The van der Waals surface area contributed by atoms with E-state index in [-0.39, 0.29) is 12.4 Å². The summed E-state index contributed by atoms with van der Waals surface area (Å²) in [6.45, 7) is 24.4. The summed E-state index contributed by atoms with van der Waals surface area (Å²) in [7, 11) is -6.67. The molecule has 0 saturated heterocycles. The first-order chi connectivity index (χ1) is 47.3. The largest absolute Gasteiger partial charge is 0.507 e. The quantitative estimate of drug-likeness (QED) is 0.0626. The number of aromatic hydroxyl groups is 1. The average Bonchev–Trinajstić information content (AvgIpc) is 0.773. The normalized spacial score (nSPS) is 11.5. The first-order valence-electron chi connectivity index (χ1n) is 33.1. The van der Waals surface area contributed by atoms with E-state index >= 15 is 9.13 Å². The molecule has 11 heteroatoms. The zero-order valence-electron chi connectivity index (χ0n) is 57.5. The van der Waals surface area contributed by atoms with Crippen LogP contribution >= 0.6 is 14.3 Å². The van der Waals surface area contributed by atoms with E-state index in [1.54, 1.807) is 18.2 Å². The number of ether oxygens (including phenoxy) is 6. The number of hydrogen-bond donors (Lipinski definition) is 1. The first kappa shape index (κ1) is 67.7. The molecule has 0 bridgehead atoms. The van der Waals surface area contributed by atoms with Crippen molar-refractivity contribution in [2.45, 2.75) is 103 Å². The fourth-order valence-corrected chi connectivity index (χ4v) is 18.6. The van der Waals surface area contributed by atoms with Crippen LogP contribution in [0.25, 0.3) is 11.1 Å². The van der Waals surface area contributed by atoms with E-state index < -0.39 is 14.3 Å². The second kappa shape index (κ2) is 29.2. The van der Waals surface area contributed by atoms with Crippen molar-refractivity contribution in [2.24, 2.45) is 0 Å². The molecule has 1 N–H and O–H groups in total. The van der Waals surface area contributed by atoms with Gasteiger partial charge in [-0.05, 0) is 232 Å². The van der Waals surface area contributed by atoms with Gasteiger partial charge in [-0.3, -0.25) is 0 Å². The highest BCUT2D eigenvalue weighted by Crippen LogP contribution is 2.48. The third kappa shape index (κ3) is 14.3. The van der Waals surface area contributed by atoms with Crippen molar-refractivity contribution in [2.75, 3.05) is 0 Å². The van der Waals surface area contributed by atoms with E-state index in [0.717, 1.165) is 140 Å². The monoisotopic (exact) mass is 1330 g/mol. The molecule has 0 aliphatic heterocycles. The number of rotatable bonds is 23. The molecule has 0 amide bonds. The molecule has 0 spiro atoms. The maximum absolute atomic E-state index is 15.4. The van der Waals surface area contributed by atoms with Crippen LogP contribution in [0, 0.1) is 76.2 Å². The zero-order chi connectivity index (χ0) is 68.8. The van der Waals surface area contributed by atoms with Gasteiger partial charge in [-0.15, -0.1) is 0 Å². The van der Waals surface area contributed by atoms with Crippen molar-refractivity contribution in [1.29, 1.82) is 0 Å². The van der Waals surface area contributed by atoms with Gasteiger partial charge in [-0.1, -0.05) is 181 Å². The number of phenolic OH excluding ortho intramolecular Hbond substituents is 1. The van der Waals surface area contributed by atoms with Gasteiger partial charge in [0.15, 0.2) is 14.3 Å². The summed E-state index contributed by atoms with van der Waals surface area (Å²) >= 11 is 0. The summed E-state index contributed by atoms with van der Waals surface area (Å²) in [6.07, 6.45) is 0. The topological polar surface area (TPSA) is 110 Å². The lowest BCUT2D eigenvalue weighted by atomic mass is 9.88. The highest BCUT2D eigenvalue weighted by atomic mass is 31.2. The molecule has 0 unspecified atom stereocenters. The molecule has 9 nitrogen and oxygen atoms in total. The third-order valence-corrected chi connectivity index (χ3v) is 24.6. The zero-order valence-corrected chi connectivity index (χ0v) is 59.3. The maximum atomic E-state index is 15.4. The lowest BCUT2D eigenvalue weighted by Gasteiger charge is -2.23. The van der Waals surface area contributed by atoms with Crippen LogP contribution in [0.2, 0.25) is 0 Å². The van der Waals surface area contributed by atoms with Gasteiger partial charge in [0.2, 0.25) is 0 Å². The smallest absolute Gasteiger partial charge is 0.174 e. The van der Waals surface area contributed by atoms with Crippen LogP contribution in [0.4, 0.5) is 0 Å². The van der Waals surface area contributed by atoms with Crippen LogP contribution in [0.3, 0.4) is 0 Å². The summed E-state index contributed by atoms with van der Waals surface area (Å²) in [5.41, 5.74) is 17.7. The van der Waals surface area contributed by atoms with E-state index in [1.807, 2.05) is 197 Å². The van der Waals surface area contributed by atoms with E-state index in [9.17, 15) is 5.11 Å². The van der Waals surface area contributed by atoms with Crippen molar-refractivity contribution >= 4 is 46.1 Å². The van der Waals surface area contributed by atoms with E-state index in [4.69, 9.17) is 28.4 Å². The predicted octanol–water partition coefficient (Wildman–Crippen LogP) is 19.6. The second-order valence-corrected chi connectivity index (χ2v) is 31.1. The van der Waals surface area contributed by atoms with Gasteiger partial charge in [-0.2, -0.15) is 0 Å². The summed E-state index contributed by atoms with van der Waals surface area (Å²) in [5.74, 6) is 5.88. The lowest BCUT2D eigenvalue weighted by molar-refractivity contribution is 0.299. The Hall–Kier alpha value is -10.3. The van der Waals surface area contributed by atoms with E-state index in [0.29, 0.717) is 52.5 Å². The molecular formula is C87H82O9P2. The fraction of sp³-hybridized carbons (Fsp3) is 0.172. The third-order valence-electron chi connectivity index (χ3n) is 18.5. The SMILES string of the molecule is Cc1ccc(OCc2ccc(COc3c(C)cc(Oc4c(C)cc(-c5cc(C)c(Oc6cc(C)c(OCc7ccc(COc8ccc(O)c(P(=O)(c9ccccc9)c9ccccc9)c8)cc7)c(C)c6)c(C)c5C)c(C)c4C)cc3C)cc2)c(P(=O)(c2ccccc2)c2ccccc2)c1. The Morgan fingerprint density at radius 1 is 0.296 bits per heavy atom. The highest BCUT2D eigenvalue weighted by molar-refractivity contribution is 7.86. The Morgan fingerprint density at radius 2 is 0.633 bits per heavy atom. The summed E-state index contributed by atoms with van der Waals surface area (Å²) in [4.78, 5) is 0. The van der Waals surface area contributed by atoms with Gasteiger partial charge in [-0.25, -0.2) is 0 Å². The number of benzene rings is 12. The summed E-state index contributed by atoms with van der Waals surface area (Å²) < 4.78 is 69.7. The van der Waals surface area contributed by atoms with Crippen LogP contribution in [0.1, 0.15) is 83.5 Å². The minimum absolute atomic E-state index is 0.0456. The van der Waals surface area contributed by atoms with Crippen molar-refractivity contribution in [1.82, 2.24) is 0 Å². The Bertz CT molecular complexity index is 4840. The van der Waals surface area contributed by atoms with Crippen molar-refractivity contribution in [3.63, 3.8) is 0 Å². The molecule has 0 atom stereocenters. The molecule has 98 heavy (non-hydrogen) atoms. The molecule has 494 valence electrons. The number of phenols is 1.